The number of unbranched alkanes of at least 4 members (excludes halogenated alkanes) is 2. The number of benzene rings is 1. The van der Waals surface area contributed by atoms with Crippen LogP contribution in [0.2, 0.25) is 0 Å². The molecule has 0 bridgehead atoms. The Bertz CT molecular complexity index is 575. The molecule has 0 amide bonds. The first-order valence-electron chi connectivity index (χ1n) is 8.86. The summed E-state index contributed by atoms with van der Waals surface area (Å²) in [7, 11) is 0. The summed E-state index contributed by atoms with van der Waals surface area (Å²) in [6, 6.07) is 4.43. The second kappa shape index (κ2) is 6.36. The van der Waals surface area contributed by atoms with Gasteiger partial charge in [-0.3, -0.25) is 0 Å². The second-order valence-corrected chi connectivity index (χ2v) is 7.12. The first-order chi connectivity index (χ1) is 10.6. The maximum atomic E-state index is 6.44. The molecule has 0 radical (unpaired) electrons. The minimum atomic E-state index is 0.284. The molecular formula is C20H29NO. The summed E-state index contributed by atoms with van der Waals surface area (Å²) in [5.74, 6) is 2.05. The van der Waals surface area contributed by atoms with E-state index in [4.69, 9.17) is 10.5 Å². The average Bonchev–Trinajstić information content (AvgIpc) is 2.46. The molecule has 0 saturated carbocycles. The number of anilines is 1. The van der Waals surface area contributed by atoms with Crippen LogP contribution in [0.3, 0.4) is 0 Å². The van der Waals surface area contributed by atoms with E-state index < -0.39 is 0 Å². The lowest BCUT2D eigenvalue weighted by atomic mass is 9.72. The predicted octanol–water partition coefficient (Wildman–Crippen LogP) is 5.22. The minimum absolute atomic E-state index is 0.284. The Kier molecular flexibility index (Phi) is 4.46. The number of nitrogen functional groups attached to an aromatic ring is 1. The Morgan fingerprint density at radius 1 is 1.27 bits per heavy atom. The summed E-state index contributed by atoms with van der Waals surface area (Å²) in [6.45, 7) is 6.70. The number of rotatable bonds is 4. The van der Waals surface area contributed by atoms with Crippen LogP contribution >= 0.6 is 0 Å². The van der Waals surface area contributed by atoms with E-state index in [1.54, 1.807) is 0 Å². The molecule has 1 aromatic carbocycles. The second-order valence-electron chi connectivity index (χ2n) is 7.12. The fourth-order valence-corrected chi connectivity index (χ4v) is 4.08. The summed E-state index contributed by atoms with van der Waals surface area (Å²) in [4.78, 5) is 0. The molecule has 3 atom stereocenters. The fraction of sp³-hybridized carbons (Fsp3) is 0.600. The van der Waals surface area contributed by atoms with Crippen LogP contribution in [-0.4, -0.2) is 6.10 Å². The van der Waals surface area contributed by atoms with Crippen LogP contribution in [0.1, 0.15) is 69.9 Å². The van der Waals surface area contributed by atoms with Gasteiger partial charge in [-0.05, 0) is 57.2 Å². The van der Waals surface area contributed by atoms with Crippen LogP contribution in [0.4, 0.5) is 5.69 Å². The molecule has 1 aliphatic heterocycles. The molecule has 0 saturated heterocycles. The van der Waals surface area contributed by atoms with Crippen molar-refractivity contribution in [2.24, 2.45) is 5.92 Å². The summed E-state index contributed by atoms with van der Waals surface area (Å²) in [6.07, 6.45) is 9.99. The molecule has 1 heterocycles. The van der Waals surface area contributed by atoms with Crippen molar-refractivity contribution < 1.29 is 4.74 Å². The normalized spacial score (nSPS) is 26.7. The van der Waals surface area contributed by atoms with E-state index in [2.05, 4.69) is 39.0 Å². The zero-order valence-corrected chi connectivity index (χ0v) is 14.2. The number of fused-ring (bicyclic) bond motifs is 3. The van der Waals surface area contributed by atoms with Gasteiger partial charge in [0.2, 0.25) is 0 Å². The Morgan fingerprint density at radius 2 is 2.09 bits per heavy atom. The van der Waals surface area contributed by atoms with E-state index in [-0.39, 0.29) is 6.10 Å². The molecule has 1 aliphatic carbocycles. The highest BCUT2D eigenvalue weighted by Crippen LogP contribution is 2.49. The Labute approximate surface area is 134 Å². The highest BCUT2D eigenvalue weighted by Gasteiger charge is 2.37. The van der Waals surface area contributed by atoms with Crippen LogP contribution < -0.4 is 10.5 Å². The molecule has 0 fully saturated rings. The number of aryl methyl sites for hydroxylation is 1. The molecule has 2 heteroatoms. The molecular weight excluding hydrogens is 270 g/mol. The topological polar surface area (TPSA) is 35.2 Å². The highest BCUT2D eigenvalue weighted by atomic mass is 16.5. The third-order valence-electron chi connectivity index (χ3n) is 5.35. The van der Waals surface area contributed by atoms with Gasteiger partial charge in [0, 0.05) is 23.1 Å². The van der Waals surface area contributed by atoms with Crippen molar-refractivity contribution in [1.82, 2.24) is 0 Å². The van der Waals surface area contributed by atoms with Crippen LogP contribution in [0.15, 0.2) is 23.8 Å². The maximum Gasteiger partial charge on any atom is 0.125 e. The molecule has 0 aromatic heterocycles. The zero-order chi connectivity index (χ0) is 15.7. The zero-order valence-electron chi connectivity index (χ0n) is 14.2. The molecule has 3 rings (SSSR count). The standard InChI is InChI=1S/C20H29NO/c1-4-5-6-7-15-11-18(21)20-17-10-13(2)8-9-16(17)14(3)22-19(20)12-15/h10-12,14,16-17H,4-9,21H2,1-3H3. The molecule has 2 aliphatic rings. The van der Waals surface area contributed by atoms with Crippen molar-refractivity contribution in [3.05, 3.63) is 34.9 Å². The lowest BCUT2D eigenvalue weighted by Gasteiger charge is -2.40. The first-order valence-corrected chi connectivity index (χ1v) is 8.86. The first kappa shape index (κ1) is 15.5. The van der Waals surface area contributed by atoms with Gasteiger partial charge in [-0.2, -0.15) is 0 Å². The van der Waals surface area contributed by atoms with E-state index in [1.807, 2.05) is 0 Å². The van der Waals surface area contributed by atoms with Gasteiger partial charge in [0.1, 0.15) is 5.75 Å². The van der Waals surface area contributed by atoms with Crippen molar-refractivity contribution in [2.75, 3.05) is 5.73 Å². The molecule has 3 unspecified atom stereocenters. The van der Waals surface area contributed by atoms with E-state index in [9.17, 15) is 0 Å². The molecule has 2 nitrogen and oxygen atoms in total. The van der Waals surface area contributed by atoms with Crippen LogP contribution in [0.5, 0.6) is 5.75 Å². The third-order valence-corrected chi connectivity index (χ3v) is 5.35. The monoisotopic (exact) mass is 299 g/mol. The van der Waals surface area contributed by atoms with Gasteiger partial charge in [0.25, 0.3) is 0 Å². The van der Waals surface area contributed by atoms with Crippen molar-refractivity contribution >= 4 is 5.69 Å². The van der Waals surface area contributed by atoms with E-state index in [0.29, 0.717) is 11.8 Å². The van der Waals surface area contributed by atoms with Gasteiger partial charge in [-0.1, -0.05) is 31.4 Å². The number of nitrogens with two attached hydrogens (primary N) is 1. The number of allylic oxidation sites excluding steroid dienone is 2. The van der Waals surface area contributed by atoms with Gasteiger partial charge in [0.05, 0.1) is 6.10 Å². The summed E-state index contributed by atoms with van der Waals surface area (Å²) >= 11 is 0. The lowest BCUT2D eigenvalue weighted by Crippen LogP contribution is -2.35. The number of hydrogen-bond donors (Lipinski definition) is 1. The summed E-state index contributed by atoms with van der Waals surface area (Å²) < 4.78 is 6.26. The van der Waals surface area contributed by atoms with Gasteiger partial charge >= 0.3 is 0 Å². The van der Waals surface area contributed by atoms with Gasteiger partial charge < -0.3 is 10.5 Å². The quantitative estimate of drug-likeness (QED) is 0.470. The molecule has 22 heavy (non-hydrogen) atoms. The average molecular weight is 299 g/mol. The maximum absolute atomic E-state index is 6.44. The smallest absolute Gasteiger partial charge is 0.125 e. The Hall–Kier alpha value is -1.44. The Morgan fingerprint density at radius 3 is 2.86 bits per heavy atom. The SMILES string of the molecule is CCCCCc1cc(N)c2c(c1)OC(C)C1CCC(C)=CC21. The third kappa shape index (κ3) is 2.88. The molecule has 2 N–H and O–H groups in total. The van der Waals surface area contributed by atoms with Crippen LogP contribution in [0, 0.1) is 5.92 Å². The van der Waals surface area contributed by atoms with Gasteiger partial charge in [-0.25, -0.2) is 0 Å². The minimum Gasteiger partial charge on any atom is -0.490 e. The highest BCUT2D eigenvalue weighted by molar-refractivity contribution is 5.61. The van der Waals surface area contributed by atoms with Crippen molar-refractivity contribution in [3.8, 4) is 5.75 Å². The van der Waals surface area contributed by atoms with E-state index in [0.717, 1.165) is 17.9 Å². The van der Waals surface area contributed by atoms with Crippen LogP contribution in [0.25, 0.3) is 0 Å². The molecule has 1 aromatic rings. The summed E-state index contributed by atoms with van der Waals surface area (Å²) in [5.41, 5.74) is 11.4. The van der Waals surface area contributed by atoms with E-state index >= 15 is 0 Å². The fourth-order valence-electron chi connectivity index (χ4n) is 4.08. The van der Waals surface area contributed by atoms with Crippen LogP contribution in [-0.2, 0) is 6.42 Å². The van der Waals surface area contributed by atoms with E-state index in [1.165, 1.54) is 48.8 Å². The predicted molar refractivity (Wildman–Crippen MR) is 93.4 cm³/mol. The van der Waals surface area contributed by atoms with Crippen molar-refractivity contribution in [1.29, 1.82) is 0 Å². The van der Waals surface area contributed by atoms with Gasteiger partial charge in [0.15, 0.2) is 0 Å². The molecule has 0 spiro atoms. The van der Waals surface area contributed by atoms with Crippen molar-refractivity contribution in [3.63, 3.8) is 0 Å². The number of ether oxygens (including phenoxy) is 1. The molecule has 120 valence electrons. The lowest BCUT2D eigenvalue weighted by molar-refractivity contribution is 0.109. The number of hydrogen-bond acceptors (Lipinski definition) is 2. The summed E-state index contributed by atoms with van der Waals surface area (Å²) in [5, 5.41) is 0. The van der Waals surface area contributed by atoms with Crippen molar-refractivity contribution in [2.45, 2.75) is 71.3 Å². The largest absolute Gasteiger partial charge is 0.490 e. The Balaban J connectivity index is 1.94. The van der Waals surface area contributed by atoms with Gasteiger partial charge in [-0.15, -0.1) is 0 Å².